The summed E-state index contributed by atoms with van der Waals surface area (Å²) in [5.41, 5.74) is 1.42. The predicted molar refractivity (Wildman–Crippen MR) is 94.0 cm³/mol. The van der Waals surface area contributed by atoms with Crippen molar-refractivity contribution in [3.63, 3.8) is 0 Å². The van der Waals surface area contributed by atoms with Gasteiger partial charge in [0.05, 0.1) is 30.3 Å². The van der Waals surface area contributed by atoms with E-state index >= 15 is 0 Å². The number of rotatable bonds is 6. The van der Waals surface area contributed by atoms with E-state index in [0.717, 1.165) is 10.9 Å². The van der Waals surface area contributed by atoms with Gasteiger partial charge in [-0.15, -0.1) is 0 Å². The first kappa shape index (κ1) is 17.4. The summed E-state index contributed by atoms with van der Waals surface area (Å²) in [6, 6.07) is 12.3. The third-order valence-corrected chi connectivity index (χ3v) is 3.94. The molecule has 8 nitrogen and oxygen atoms in total. The molecule has 2 aromatic carbocycles. The second kappa shape index (κ2) is 7.22. The monoisotopic (exact) mass is 355 g/mol. The van der Waals surface area contributed by atoms with Crippen molar-refractivity contribution in [2.45, 2.75) is 19.6 Å². The molecule has 134 valence electrons. The normalized spacial score (nSPS) is 11.9. The first-order valence-electron chi connectivity index (χ1n) is 7.92. The van der Waals surface area contributed by atoms with Gasteiger partial charge in [0.1, 0.15) is 0 Å². The Morgan fingerprint density at radius 3 is 2.81 bits per heavy atom. The molecule has 0 saturated carbocycles. The molecule has 0 N–H and O–H groups in total. The Morgan fingerprint density at radius 2 is 2.08 bits per heavy atom. The van der Waals surface area contributed by atoms with E-state index in [-0.39, 0.29) is 11.4 Å². The van der Waals surface area contributed by atoms with Crippen molar-refractivity contribution in [1.29, 1.82) is 0 Å². The standard InChI is InChI=1S/C18H17N3O5/c1-12(18(22)25-2)26-17-8-7-13(9-16(17)21(23)24)11-20-15-6-4-3-5-14(15)10-19-20/h3-10,12H,11H2,1-2H3. The van der Waals surface area contributed by atoms with Crippen molar-refractivity contribution < 1.29 is 19.2 Å². The average Bonchev–Trinajstić information content (AvgIpc) is 3.05. The molecule has 0 amide bonds. The number of methoxy groups -OCH3 is 1. The Hall–Kier alpha value is -3.42. The van der Waals surface area contributed by atoms with E-state index in [0.29, 0.717) is 12.1 Å². The van der Waals surface area contributed by atoms with Crippen LogP contribution in [-0.2, 0) is 16.1 Å². The molecule has 8 heteroatoms. The summed E-state index contributed by atoms with van der Waals surface area (Å²) in [6.45, 7) is 1.85. The second-order valence-electron chi connectivity index (χ2n) is 5.70. The summed E-state index contributed by atoms with van der Waals surface area (Å²) < 4.78 is 11.7. The molecule has 1 aromatic heterocycles. The van der Waals surface area contributed by atoms with Gasteiger partial charge in [0, 0.05) is 11.5 Å². The molecule has 0 aliphatic heterocycles. The minimum absolute atomic E-state index is 0.0157. The number of hydrogen-bond acceptors (Lipinski definition) is 6. The van der Waals surface area contributed by atoms with Crippen LogP contribution in [0.3, 0.4) is 0 Å². The lowest BCUT2D eigenvalue weighted by Crippen LogP contribution is -2.25. The maximum Gasteiger partial charge on any atom is 0.346 e. The van der Waals surface area contributed by atoms with Gasteiger partial charge in [-0.05, 0) is 24.6 Å². The molecule has 0 fully saturated rings. The van der Waals surface area contributed by atoms with E-state index in [9.17, 15) is 14.9 Å². The van der Waals surface area contributed by atoms with Crippen molar-refractivity contribution in [3.05, 3.63) is 64.3 Å². The fraction of sp³-hybridized carbons (Fsp3) is 0.222. The van der Waals surface area contributed by atoms with Crippen LogP contribution in [-0.4, -0.2) is 33.9 Å². The van der Waals surface area contributed by atoms with E-state index in [1.54, 1.807) is 16.9 Å². The molecule has 0 bridgehead atoms. The number of nitro benzene ring substituents is 1. The van der Waals surface area contributed by atoms with Crippen LogP contribution >= 0.6 is 0 Å². The quantitative estimate of drug-likeness (QED) is 0.383. The van der Waals surface area contributed by atoms with Gasteiger partial charge >= 0.3 is 11.7 Å². The zero-order valence-electron chi connectivity index (χ0n) is 14.3. The van der Waals surface area contributed by atoms with E-state index < -0.39 is 17.0 Å². The van der Waals surface area contributed by atoms with E-state index in [4.69, 9.17) is 4.74 Å². The van der Waals surface area contributed by atoms with Crippen LogP contribution in [0.4, 0.5) is 5.69 Å². The molecular weight excluding hydrogens is 338 g/mol. The second-order valence-corrected chi connectivity index (χ2v) is 5.70. The highest BCUT2D eigenvalue weighted by molar-refractivity contribution is 5.78. The number of esters is 1. The summed E-state index contributed by atoms with van der Waals surface area (Å²) in [5, 5.41) is 16.7. The molecule has 0 aliphatic rings. The maximum absolute atomic E-state index is 11.5. The first-order valence-corrected chi connectivity index (χ1v) is 7.92. The number of fused-ring (bicyclic) bond motifs is 1. The minimum atomic E-state index is -0.945. The fourth-order valence-corrected chi connectivity index (χ4v) is 2.63. The van der Waals surface area contributed by atoms with E-state index in [2.05, 4.69) is 9.84 Å². The van der Waals surface area contributed by atoms with E-state index in [1.165, 1.54) is 26.2 Å². The number of carbonyl (C=O) groups excluding carboxylic acids is 1. The SMILES string of the molecule is COC(=O)C(C)Oc1ccc(Cn2ncc3ccccc32)cc1[N+](=O)[O-]. The molecule has 0 spiro atoms. The number of benzene rings is 2. The van der Waals surface area contributed by atoms with Crippen molar-refractivity contribution in [2.75, 3.05) is 7.11 Å². The molecule has 3 rings (SSSR count). The highest BCUT2D eigenvalue weighted by Gasteiger charge is 2.22. The zero-order chi connectivity index (χ0) is 18.7. The molecule has 26 heavy (non-hydrogen) atoms. The van der Waals surface area contributed by atoms with Crippen molar-refractivity contribution in [2.24, 2.45) is 0 Å². The zero-order valence-corrected chi connectivity index (χ0v) is 14.3. The Morgan fingerprint density at radius 1 is 1.31 bits per heavy atom. The Bertz CT molecular complexity index is 966. The minimum Gasteiger partial charge on any atom is -0.472 e. The molecule has 0 radical (unpaired) electrons. The van der Waals surface area contributed by atoms with Gasteiger partial charge in [0.25, 0.3) is 0 Å². The van der Waals surface area contributed by atoms with Crippen LogP contribution in [0.2, 0.25) is 0 Å². The smallest absolute Gasteiger partial charge is 0.346 e. The lowest BCUT2D eigenvalue weighted by atomic mass is 10.2. The third-order valence-electron chi connectivity index (χ3n) is 3.94. The van der Waals surface area contributed by atoms with Gasteiger partial charge in [-0.3, -0.25) is 14.8 Å². The molecule has 0 aliphatic carbocycles. The summed E-state index contributed by atoms with van der Waals surface area (Å²) in [5.74, 6) is -0.589. The number of aromatic nitrogens is 2. The molecule has 1 unspecified atom stereocenters. The summed E-state index contributed by atoms with van der Waals surface area (Å²) >= 11 is 0. The number of nitro groups is 1. The summed E-state index contributed by atoms with van der Waals surface area (Å²) in [6.07, 6.45) is 0.804. The van der Waals surface area contributed by atoms with Crippen LogP contribution in [0.1, 0.15) is 12.5 Å². The van der Waals surface area contributed by atoms with Gasteiger partial charge in [-0.1, -0.05) is 24.3 Å². The largest absolute Gasteiger partial charge is 0.472 e. The number of ether oxygens (including phenoxy) is 2. The number of nitrogens with zero attached hydrogens (tertiary/aromatic N) is 3. The van der Waals surface area contributed by atoms with Crippen LogP contribution < -0.4 is 4.74 Å². The van der Waals surface area contributed by atoms with Gasteiger partial charge in [-0.2, -0.15) is 5.10 Å². The maximum atomic E-state index is 11.5. The number of hydrogen-bond donors (Lipinski definition) is 0. The molecule has 0 saturated heterocycles. The molecular formula is C18H17N3O5. The van der Waals surface area contributed by atoms with Crippen LogP contribution in [0.5, 0.6) is 5.75 Å². The Balaban J connectivity index is 1.88. The summed E-state index contributed by atoms with van der Waals surface area (Å²) in [7, 11) is 1.23. The van der Waals surface area contributed by atoms with Gasteiger partial charge in [0.15, 0.2) is 11.9 Å². The predicted octanol–water partition coefficient (Wildman–Crippen LogP) is 2.93. The third kappa shape index (κ3) is 3.49. The van der Waals surface area contributed by atoms with E-state index in [1.807, 2.05) is 24.3 Å². The molecule has 1 heterocycles. The van der Waals surface area contributed by atoms with Crippen LogP contribution in [0.15, 0.2) is 48.7 Å². The average molecular weight is 355 g/mol. The molecule has 1 atom stereocenters. The van der Waals surface area contributed by atoms with Crippen molar-refractivity contribution in [3.8, 4) is 5.75 Å². The Kier molecular flexibility index (Phi) is 4.83. The fourth-order valence-electron chi connectivity index (χ4n) is 2.63. The first-order chi connectivity index (χ1) is 12.5. The van der Waals surface area contributed by atoms with Crippen LogP contribution in [0.25, 0.3) is 10.9 Å². The van der Waals surface area contributed by atoms with Gasteiger partial charge in [-0.25, -0.2) is 4.79 Å². The number of carbonyl (C=O) groups is 1. The van der Waals surface area contributed by atoms with Gasteiger partial charge in [0.2, 0.25) is 0 Å². The Labute approximate surface area is 149 Å². The topological polar surface area (TPSA) is 96.5 Å². The number of para-hydroxylation sites is 1. The van der Waals surface area contributed by atoms with Gasteiger partial charge < -0.3 is 9.47 Å². The van der Waals surface area contributed by atoms with Crippen molar-refractivity contribution >= 4 is 22.6 Å². The lowest BCUT2D eigenvalue weighted by Gasteiger charge is -2.13. The highest BCUT2D eigenvalue weighted by Crippen LogP contribution is 2.29. The van der Waals surface area contributed by atoms with Crippen molar-refractivity contribution in [1.82, 2.24) is 9.78 Å². The van der Waals surface area contributed by atoms with Crippen LogP contribution in [0, 0.1) is 10.1 Å². The lowest BCUT2D eigenvalue weighted by molar-refractivity contribution is -0.386. The molecule has 3 aromatic rings. The summed E-state index contributed by atoms with van der Waals surface area (Å²) in [4.78, 5) is 22.3. The highest BCUT2D eigenvalue weighted by atomic mass is 16.6.